The second-order valence-corrected chi connectivity index (χ2v) is 3.26. The second kappa shape index (κ2) is 5.02. The second-order valence-electron chi connectivity index (χ2n) is 3.26. The fourth-order valence-electron chi connectivity index (χ4n) is 1.21. The number of hydrogen-bond donors (Lipinski definition) is 1. The Morgan fingerprint density at radius 3 is 2.87 bits per heavy atom. The van der Waals surface area contributed by atoms with Crippen LogP contribution < -0.4 is 5.32 Å². The number of nitriles is 1. The molecule has 0 aliphatic rings. The zero-order valence-electron chi connectivity index (χ0n) is 8.42. The van der Waals surface area contributed by atoms with Crippen LogP contribution in [-0.4, -0.2) is 6.04 Å². The fourth-order valence-corrected chi connectivity index (χ4v) is 1.21. The lowest BCUT2D eigenvalue weighted by Crippen LogP contribution is -2.14. The van der Waals surface area contributed by atoms with Crippen molar-refractivity contribution in [2.45, 2.75) is 19.4 Å². The monoisotopic (exact) mass is 202 g/mol. The van der Waals surface area contributed by atoms with Crippen LogP contribution in [0, 0.1) is 29.5 Å². The minimum atomic E-state index is -0.518. The summed E-state index contributed by atoms with van der Waals surface area (Å²) in [4.78, 5) is 0. The lowest BCUT2D eigenvalue weighted by Gasteiger charge is -2.12. The minimum absolute atomic E-state index is 0.0464. The molecule has 1 atom stereocenters. The number of benzene rings is 1. The largest absolute Gasteiger partial charge is 0.382 e. The van der Waals surface area contributed by atoms with Crippen LogP contribution in [0.1, 0.15) is 18.9 Å². The van der Waals surface area contributed by atoms with E-state index in [4.69, 9.17) is 11.7 Å². The molecule has 2 nitrogen and oxygen atoms in total. The molecule has 0 aliphatic carbocycles. The van der Waals surface area contributed by atoms with Crippen molar-refractivity contribution in [3.63, 3.8) is 0 Å². The van der Waals surface area contributed by atoms with Gasteiger partial charge in [0.05, 0.1) is 5.56 Å². The van der Waals surface area contributed by atoms with Gasteiger partial charge in [-0.05, 0) is 25.1 Å². The molecule has 1 rings (SSSR count). The van der Waals surface area contributed by atoms with Gasteiger partial charge in [-0.25, -0.2) is 4.39 Å². The van der Waals surface area contributed by atoms with E-state index >= 15 is 0 Å². The Balaban J connectivity index is 2.77. The molecule has 0 saturated carbocycles. The molecule has 15 heavy (non-hydrogen) atoms. The molecule has 0 radical (unpaired) electrons. The third-order valence-corrected chi connectivity index (χ3v) is 1.93. The van der Waals surface area contributed by atoms with Crippen molar-refractivity contribution in [3.8, 4) is 18.4 Å². The Morgan fingerprint density at radius 1 is 1.60 bits per heavy atom. The maximum Gasteiger partial charge on any atom is 0.143 e. The van der Waals surface area contributed by atoms with Crippen LogP contribution in [0.2, 0.25) is 0 Å². The van der Waals surface area contributed by atoms with Gasteiger partial charge >= 0.3 is 0 Å². The van der Waals surface area contributed by atoms with Gasteiger partial charge in [-0.1, -0.05) is 0 Å². The Morgan fingerprint density at radius 2 is 2.33 bits per heavy atom. The van der Waals surface area contributed by atoms with Gasteiger partial charge in [0.25, 0.3) is 0 Å². The molecule has 0 aliphatic heterocycles. The first kappa shape index (κ1) is 11.1. The van der Waals surface area contributed by atoms with Crippen LogP contribution in [-0.2, 0) is 0 Å². The third kappa shape index (κ3) is 3.00. The highest BCUT2D eigenvalue weighted by molar-refractivity contribution is 5.48. The smallest absolute Gasteiger partial charge is 0.143 e. The molecule has 0 bridgehead atoms. The van der Waals surface area contributed by atoms with Crippen LogP contribution in [0.5, 0.6) is 0 Å². The molecule has 3 heteroatoms. The minimum Gasteiger partial charge on any atom is -0.382 e. The summed E-state index contributed by atoms with van der Waals surface area (Å²) in [5.74, 6) is 2.00. The van der Waals surface area contributed by atoms with E-state index in [1.54, 1.807) is 12.1 Å². The molecule has 0 saturated heterocycles. The van der Waals surface area contributed by atoms with Gasteiger partial charge in [0, 0.05) is 18.2 Å². The van der Waals surface area contributed by atoms with Crippen LogP contribution in [0.15, 0.2) is 18.2 Å². The summed E-state index contributed by atoms with van der Waals surface area (Å²) in [6, 6.07) is 6.25. The molecular formula is C12H11FN2. The quantitative estimate of drug-likeness (QED) is 0.764. The molecule has 1 aromatic carbocycles. The summed E-state index contributed by atoms with van der Waals surface area (Å²) in [7, 11) is 0. The van der Waals surface area contributed by atoms with E-state index < -0.39 is 5.82 Å². The Kier molecular flexibility index (Phi) is 3.71. The summed E-state index contributed by atoms with van der Waals surface area (Å²) in [5, 5.41) is 11.6. The van der Waals surface area contributed by atoms with Crippen LogP contribution in [0.4, 0.5) is 10.1 Å². The normalized spacial score (nSPS) is 11.2. The zero-order chi connectivity index (χ0) is 11.3. The van der Waals surface area contributed by atoms with Crippen molar-refractivity contribution in [3.05, 3.63) is 29.6 Å². The number of terminal acetylenes is 1. The molecular weight excluding hydrogens is 191 g/mol. The predicted octanol–water partition coefficient (Wildman–Crippen LogP) is 2.52. The Labute approximate surface area is 88.7 Å². The maximum atomic E-state index is 13.2. The first-order valence-corrected chi connectivity index (χ1v) is 4.57. The number of rotatable bonds is 3. The molecule has 0 amide bonds. The third-order valence-electron chi connectivity index (χ3n) is 1.93. The average molecular weight is 202 g/mol. The summed E-state index contributed by atoms with van der Waals surface area (Å²) >= 11 is 0. The highest BCUT2D eigenvalue weighted by Crippen LogP contribution is 2.15. The van der Waals surface area contributed by atoms with Crippen LogP contribution >= 0.6 is 0 Å². The van der Waals surface area contributed by atoms with Crippen molar-refractivity contribution in [1.82, 2.24) is 0 Å². The predicted molar refractivity (Wildman–Crippen MR) is 57.6 cm³/mol. The standard InChI is InChI=1S/C12H11FN2/c1-3-4-9(2)15-11-6-5-10(8-14)12(13)7-11/h1,5-7,9,15H,4H2,2H3. The van der Waals surface area contributed by atoms with E-state index in [9.17, 15) is 4.39 Å². The Hall–Kier alpha value is -2.00. The zero-order valence-corrected chi connectivity index (χ0v) is 8.42. The highest BCUT2D eigenvalue weighted by atomic mass is 19.1. The summed E-state index contributed by atoms with van der Waals surface area (Å²) in [6.45, 7) is 1.91. The van der Waals surface area contributed by atoms with E-state index in [0.29, 0.717) is 12.1 Å². The highest BCUT2D eigenvalue weighted by Gasteiger charge is 2.04. The van der Waals surface area contributed by atoms with E-state index in [1.807, 2.05) is 6.92 Å². The van der Waals surface area contributed by atoms with Gasteiger partial charge in [-0.15, -0.1) is 12.3 Å². The van der Waals surface area contributed by atoms with Gasteiger partial charge in [0.15, 0.2) is 0 Å². The molecule has 1 N–H and O–H groups in total. The van der Waals surface area contributed by atoms with Crippen molar-refractivity contribution in [2.24, 2.45) is 0 Å². The average Bonchev–Trinajstić information content (AvgIpc) is 2.18. The molecule has 0 aromatic heterocycles. The molecule has 1 unspecified atom stereocenters. The lowest BCUT2D eigenvalue weighted by molar-refractivity contribution is 0.624. The van der Waals surface area contributed by atoms with E-state index in [2.05, 4.69) is 11.2 Å². The maximum absolute atomic E-state index is 13.2. The number of hydrogen-bond acceptors (Lipinski definition) is 2. The molecule has 1 aromatic rings. The van der Waals surface area contributed by atoms with Gasteiger partial charge in [-0.2, -0.15) is 5.26 Å². The molecule has 76 valence electrons. The van der Waals surface area contributed by atoms with Crippen LogP contribution in [0.3, 0.4) is 0 Å². The van der Waals surface area contributed by atoms with E-state index in [-0.39, 0.29) is 11.6 Å². The number of halogens is 1. The fraction of sp³-hybridized carbons (Fsp3) is 0.250. The van der Waals surface area contributed by atoms with Gasteiger partial charge in [-0.3, -0.25) is 0 Å². The van der Waals surface area contributed by atoms with Crippen molar-refractivity contribution in [2.75, 3.05) is 5.32 Å². The Bertz CT molecular complexity index is 426. The van der Waals surface area contributed by atoms with Crippen molar-refractivity contribution >= 4 is 5.69 Å². The van der Waals surface area contributed by atoms with E-state index in [1.165, 1.54) is 12.1 Å². The first-order valence-electron chi connectivity index (χ1n) is 4.57. The topological polar surface area (TPSA) is 35.8 Å². The van der Waals surface area contributed by atoms with Gasteiger partial charge in [0.2, 0.25) is 0 Å². The number of nitrogens with one attached hydrogen (secondary N) is 1. The number of anilines is 1. The summed E-state index contributed by atoms with van der Waals surface area (Å²) < 4.78 is 13.2. The number of nitrogens with zero attached hydrogens (tertiary/aromatic N) is 1. The molecule has 0 heterocycles. The van der Waals surface area contributed by atoms with Gasteiger partial charge < -0.3 is 5.32 Å². The van der Waals surface area contributed by atoms with Crippen molar-refractivity contribution < 1.29 is 4.39 Å². The van der Waals surface area contributed by atoms with Crippen LogP contribution in [0.25, 0.3) is 0 Å². The molecule has 0 spiro atoms. The molecule has 0 fully saturated rings. The summed E-state index contributed by atoms with van der Waals surface area (Å²) in [6.07, 6.45) is 5.72. The van der Waals surface area contributed by atoms with Gasteiger partial charge in [0.1, 0.15) is 11.9 Å². The lowest BCUT2D eigenvalue weighted by atomic mass is 10.2. The van der Waals surface area contributed by atoms with Crippen molar-refractivity contribution in [1.29, 1.82) is 5.26 Å². The first-order chi connectivity index (χ1) is 7.17. The SMILES string of the molecule is C#CCC(C)Nc1ccc(C#N)c(F)c1. The summed E-state index contributed by atoms with van der Waals surface area (Å²) in [5.41, 5.74) is 0.680. The van der Waals surface area contributed by atoms with E-state index in [0.717, 1.165) is 0 Å².